The summed E-state index contributed by atoms with van der Waals surface area (Å²) in [6, 6.07) is 2.98. The van der Waals surface area contributed by atoms with Crippen LogP contribution in [0.3, 0.4) is 0 Å². The second-order valence-corrected chi connectivity index (χ2v) is 4.76. The number of likely N-dealkylation sites (N-methyl/N-ethyl adjacent to an activating group) is 1. The molecule has 0 radical (unpaired) electrons. The number of benzene rings is 1. The van der Waals surface area contributed by atoms with E-state index < -0.39 is 0 Å². The molecule has 0 aromatic heterocycles. The summed E-state index contributed by atoms with van der Waals surface area (Å²) < 4.78 is 16.1. The number of likely N-dealkylation sites (tertiary alicyclic amines) is 1. The van der Waals surface area contributed by atoms with Crippen LogP contribution in [0.4, 0.5) is 0 Å². The van der Waals surface area contributed by atoms with E-state index in [1.807, 2.05) is 0 Å². The molecule has 1 fully saturated rings. The Hall–Kier alpha value is -1.95. The first kappa shape index (κ1) is 14.5. The van der Waals surface area contributed by atoms with Crippen LogP contribution >= 0.6 is 0 Å². The van der Waals surface area contributed by atoms with Gasteiger partial charge in [0.2, 0.25) is 5.91 Å². The van der Waals surface area contributed by atoms with Gasteiger partial charge in [-0.25, -0.2) is 0 Å². The van der Waals surface area contributed by atoms with E-state index >= 15 is 0 Å². The highest BCUT2D eigenvalue weighted by Crippen LogP contribution is 2.43. The second-order valence-electron chi connectivity index (χ2n) is 4.76. The average molecular weight is 280 g/mol. The maximum absolute atomic E-state index is 11.8. The highest BCUT2D eigenvalue weighted by molar-refractivity contribution is 5.80. The molecule has 20 heavy (non-hydrogen) atoms. The third-order valence-corrected chi connectivity index (χ3v) is 3.68. The molecule has 1 amide bonds. The quantitative estimate of drug-likeness (QED) is 0.888. The lowest BCUT2D eigenvalue weighted by Gasteiger charge is -2.27. The van der Waals surface area contributed by atoms with Gasteiger partial charge in [0, 0.05) is 31.6 Å². The zero-order valence-corrected chi connectivity index (χ0v) is 12.2. The molecule has 1 saturated heterocycles. The van der Waals surface area contributed by atoms with Crippen molar-refractivity contribution in [2.45, 2.75) is 18.5 Å². The number of amides is 1. The fraction of sp³-hybridized carbons (Fsp3) is 0.500. The predicted octanol–water partition coefficient (Wildman–Crippen LogP) is 0.943. The summed E-state index contributed by atoms with van der Waals surface area (Å²) in [5.41, 5.74) is 6.88. The van der Waals surface area contributed by atoms with E-state index in [2.05, 4.69) is 0 Å². The van der Waals surface area contributed by atoms with Crippen molar-refractivity contribution in [1.29, 1.82) is 0 Å². The largest absolute Gasteiger partial charge is 0.496 e. The first-order valence-corrected chi connectivity index (χ1v) is 6.34. The van der Waals surface area contributed by atoms with E-state index in [0.29, 0.717) is 23.7 Å². The summed E-state index contributed by atoms with van der Waals surface area (Å²) in [6.45, 7) is 0. The lowest BCUT2D eigenvalue weighted by Crippen LogP contribution is -2.31. The van der Waals surface area contributed by atoms with Gasteiger partial charge in [-0.1, -0.05) is 0 Å². The van der Waals surface area contributed by atoms with Crippen LogP contribution in [0.25, 0.3) is 0 Å². The maximum Gasteiger partial charge on any atom is 0.224 e. The summed E-state index contributed by atoms with van der Waals surface area (Å²) in [6.07, 6.45) is 0.319. The predicted molar refractivity (Wildman–Crippen MR) is 74.2 cm³/mol. The van der Waals surface area contributed by atoms with Crippen molar-refractivity contribution in [3.8, 4) is 17.2 Å². The number of carbonyl (C=O) groups is 1. The van der Waals surface area contributed by atoms with E-state index in [9.17, 15) is 4.79 Å². The smallest absolute Gasteiger partial charge is 0.224 e. The first-order chi connectivity index (χ1) is 9.53. The summed E-state index contributed by atoms with van der Waals surface area (Å²) in [5, 5.41) is 0. The van der Waals surface area contributed by atoms with Gasteiger partial charge in [0.05, 0.1) is 32.9 Å². The van der Waals surface area contributed by atoms with Crippen molar-refractivity contribution >= 4 is 5.91 Å². The molecule has 1 aliphatic heterocycles. The monoisotopic (exact) mass is 280 g/mol. The summed E-state index contributed by atoms with van der Waals surface area (Å²) >= 11 is 0. The lowest BCUT2D eigenvalue weighted by atomic mass is 9.98. The van der Waals surface area contributed by atoms with Gasteiger partial charge in [0.1, 0.15) is 17.2 Å². The Morgan fingerprint density at radius 2 is 1.70 bits per heavy atom. The number of nitrogens with zero attached hydrogens (tertiary/aromatic N) is 1. The standard InChI is InChI=1S/C14H20N2O4/c1-16-12(17)7-9(15)14(16)13-10(19-3)5-8(18-2)6-11(13)20-4/h5-6,9,14H,7,15H2,1-4H3. The van der Waals surface area contributed by atoms with Crippen LogP contribution < -0.4 is 19.9 Å². The Morgan fingerprint density at radius 1 is 1.15 bits per heavy atom. The van der Waals surface area contributed by atoms with Crippen molar-refractivity contribution in [3.05, 3.63) is 17.7 Å². The van der Waals surface area contributed by atoms with Crippen LogP contribution in [0, 0.1) is 0 Å². The molecule has 6 nitrogen and oxygen atoms in total. The molecule has 2 rings (SSSR count). The molecule has 110 valence electrons. The van der Waals surface area contributed by atoms with Gasteiger partial charge < -0.3 is 24.8 Å². The number of methoxy groups -OCH3 is 3. The van der Waals surface area contributed by atoms with Gasteiger partial charge in [-0.05, 0) is 0 Å². The number of hydrogen-bond donors (Lipinski definition) is 1. The summed E-state index contributed by atoms with van der Waals surface area (Å²) in [4.78, 5) is 13.5. The Kier molecular flexibility index (Phi) is 4.04. The van der Waals surface area contributed by atoms with Crippen LogP contribution in [0.5, 0.6) is 17.2 Å². The molecule has 0 saturated carbocycles. The van der Waals surface area contributed by atoms with Gasteiger partial charge in [-0.15, -0.1) is 0 Å². The van der Waals surface area contributed by atoms with E-state index in [4.69, 9.17) is 19.9 Å². The molecular formula is C14H20N2O4. The van der Waals surface area contributed by atoms with E-state index in [1.54, 1.807) is 45.4 Å². The highest BCUT2D eigenvalue weighted by atomic mass is 16.5. The van der Waals surface area contributed by atoms with Crippen LogP contribution in [0.2, 0.25) is 0 Å². The Labute approximate surface area is 118 Å². The lowest BCUT2D eigenvalue weighted by molar-refractivity contribution is -0.127. The summed E-state index contributed by atoms with van der Waals surface area (Å²) in [7, 11) is 6.45. The van der Waals surface area contributed by atoms with Crippen LogP contribution in [0.15, 0.2) is 12.1 Å². The van der Waals surface area contributed by atoms with E-state index in [1.165, 1.54) is 0 Å². The molecule has 1 aromatic carbocycles. The average Bonchev–Trinajstić information content (AvgIpc) is 2.70. The normalized spacial score (nSPS) is 22.1. The van der Waals surface area contributed by atoms with Crippen LogP contribution in [-0.4, -0.2) is 45.2 Å². The first-order valence-electron chi connectivity index (χ1n) is 6.34. The number of hydrogen-bond acceptors (Lipinski definition) is 5. The van der Waals surface area contributed by atoms with Crippen molar-refractivity contribution < 1.29 is 19.0 Å². The van der Waals surface area contributed by atoms with Gasteiger partial charge in [0.25, 0.3) is 0 Å². The second kappa shape index (κ2) is 5.58. The molecule has 1 heterocycles. The molecule has 0 aliphatic carbocycles. The molecule has 1 aromatic rings. The molecular weight excluding hydrogens is 260 g/mol. The van der Waals surface area contributed by atoms with Crippen molar-refractivity contribution in [1.82, 2.24) is 4.90 Å². The molecule has 2 unspecified atom stereocenters. The van der Waals surface area contributed by atoms with Gasteiger partial charge >= 0.3 is 0 Å². The third kappa shape index (κ3) is 2.27. The molecule has 1 aliphatic rings. The zero-order valence-electron chi connectivity index (χ0n) is 12.2. The number of nitrogens with two attached hydrogens (primary N) is 1. The Morgan fingerprint density at radius 3 is 2.05 bits per heavy atom. The van der Waals surface area contributed by atoms with Gasteiger partial charge in [-0.2, -0.15) is 0 Å². The van der Waals surface area contributed by atoms with Gasteiger partial charge in [-0.3, -0.25) is 4.79 Å². The van der Waals surface area contributed by atoms with Crippen LogP contribution in [0.1, 0.15) is 18.0 Å². The molecule has 2 N–H and O–H groups in total. The highest BCUT2D eigenvalue weighted by Gasteiger charge is 2.39. The van der Waals surface area contributed by atoms with Crippen LogP contribution in [-0.2, 0) is 4.79 Å². The van der Waals surface area contributed by atoms with Crippen molar-refractivity contribution in [2.24, 2.45) is 5.73 Å². The molecule has 0 bridgehead atoms. The zero-order chi connectivity index (χ0) is 14.9. The summed E-state index contributed by atoms with van der Waals surface area (Å²) in [5.74, 6) is 1.84. The fourth-order valence-corrected chi connectivity index (χ4v) is 2.63. The third-order valence-electron chi connectivity index (χ3n) is 3.68. The minimum Gasteiger partial charge on any atom is -0.496 e. The van der Waals surface area contributed by atoms with E-state index in [0.717, 1.165) is 5.56 Å². The van der Waals surface area contributed by atoms with Crippen molar-refractivity contribution in [3.63, 3.8) is 0 Å². The molecule has 0 spiro atoms. The fourth-order valence-electron chi connectivity index (χ4n) is 2.63. The topological polar surface area (TPSA) is 74.0 Å². The minimum atomic E-state index is -0.288. The van der Waals surface area contributed by atoms with E-state index in [-0.39, 0.29) is 18.0 Å². The maximum atomic E-state index is 11.8. The SMILES string of the molecule is COc1cc(OC)c(C2C(N)CC(=O)N2C)c(OC)c1. The Balaban J connectivity index is 2.57. The Bertz CT molecular complexity index is 493. The number of rotatable bonds is 4. The number of ether oxygens (including phenoxy) is 3. The molecule has 6 heteroatoms. The van der Waals surface area contributed by atoms with Crippen molar-refractivity contribution in [2.75, 3.05) is 28.4 Å². The molecule has 2 atom stereocenters. The number of carbonyl (C=O) groups excluding carboxylic acids is 1. The van der Waals surface area contributed by atoms with Gasteiger partial charge in [0.15, 0.2) is 0 Å². The minimum absolute atomic E-state index is 0.0161.